The van der Waals surface area contributed by atoms with Crippen LogP contribution in [-0.2, 0) is 21.4 Å². The molecule has 0 unspecified atom stereocenters. The van der Waals surface area contributed by atoms with Gasteiger partial charge in [0.15, 0.2) is 17.3 Å². The molecule has 0 spiro atoms. The van der Waals surface area contributed by atoms with Gasteiger partial charge in [0.25, 0.3) is 0 Å². The van der Waals surface area contributed by atoms with Gasteiger partial charge in [0, 0.05) is 12.6 Å². The summed E-state index contributed by atoms with van der Waals surface area (Å²) in [7, 11) is -3.44. The number of anilines is 2. The molecule has 3 aromatic rings. The molecule has 0 saturated heterocycles. The monoisotopic (exact) mass is 350 g/mol. The predicted molar refractivity (Wildman–Crippen MR) is 85.9 cm³/mol. The van der Waals surface area contributed by atoms with Crippen molar-refractivity contribution < 1.29 is 17.6 Å². The Hall–Kier alpha value is -2.95. The number of benzene rings is 1. The molecule has 0 aliphatic carbocycles. The second-order valence-corrected chi connectivity index (χ2v) is 6.89. The molecule has 24 heavy (non-hydrogen) atoms. The Balaban J connectivity index is 1.66. The average molecular weight is 350 g/mol. The molecule has 0 fully saturated rings. The van der Waals surface area contributed by atoms with Gasteiger partial charge in [0.2, 0.25) is 15.9 Å². The molecule has 11 heteroatoms. The maximum absolute atomic E-state index is 12.0. The number of hydrogen-bond acceptors (Lipinski definition) is 7. The molecule has 0 atom stereocenters. The first-order valence-corrected chi connectivity index (χ1v) is 8.72. The summed E-state index contributed by atoms with van der Waals surface area (Å²) >= 11 is 0. The average Bonchev–Trinajstić information content (AvgIpc) is 3.01. The molecule has 0 aliphatic rings. The van der Waals surface area contributed by atoms with Crippen molar-refractivity contribution >= 4 is 38.5 Å². The van der Waals surface area contributed by atoms with Crippen LogP contribution < -0.4 is 10.0 Å². The highest BCUT2D eigenvalue weighted by atomic mass is 32.2. The number of nitrogens with one attached hydrogen (secondary N) is 2. The van der Waals surface area contributed by atoms with E-state index in [1.807, 2.05) is 0 Å². The molecule has 126 valence electrons. The van der Waals surface area contributed by atoms with Crippen molar-refractivity contribution in [2.45, 2.75) is 13.5 Å². The molecule has 2 heterocycles. The molecule has 3 rings (SSSR count). The first-order chi connectivity index (χ1) is 11.3. The number of nitrogens with zero attached hydrogens (tertiary/aromatic N) is 4. The maximum Gasteiger partial charge on any atom is 0.246 e. The van der Waals surface area contributed by atoms with Crippen molar-refractivity contribution in [2.24, 2.45) is 0 Å². The van der Waals surface area contributed by atoms with E-state index in [0.29, 0.717) is 22.7 Å². The summed E-state index contributed by atoms with van der Waals surface area (Å²) < 4.78 is 31.0. The van der Waals surface area contributed by atoms with Crippen LogP contribution >= 0.6 is 0 Å². The van der Waals surface area contributed by atoms with Crippen molar-refractivity contribution in [1.29, 1.82) is 0 Å². The van der Waals surface area contributed by atoms with Gasteiger partial charge in [-0.2, -0.15) is 0 Å². The van der Waals surface area contributed by atoms with E-state index >= 15 is 0 Å². The third kappa shape index (κ3) is 3.87. The first-order valence-electron chi connectivity index (χ1n) is 6.83. The van der Waals surface area contributed by atoms with Crippen molar-refractivity contribution in [3.05, 3.63) is 30.3 Å². The van der Waals surface area contributed by atoms with Crippen molar-refractivity contribution in [3.63, 3.8) is 0 Å². The number of rotatable bonds is 5. The van der Waals surface area contributed by atoms with Gasteiger partial charge in [-0.1, -0.05) is 5.21 Å². The van der Waals surface area contributed by atoms with E-state index < -0.39 is 10.0 Å². The summed E-state index contributed by atoms with van der Waals surface area (Å²) in [5.74, 6) is 0.247. The number of carbonyl (C=O) groups is 1. The fourth-order valence-electron chi connectivity index (χ4n) is 2.08. The first kappa shape index (κ1) is 15.9. The molecular formula is C13H14N6O4S. The summed E-state index contributed by atoms with van der Waals surface area (Å²) in [6.45, 7) is 1.62. The van der Waals surface area contributed by atoms with Gasteiger partial charge >= 0.3 is 0 Å². The predicted octanol–water partition coefficient (Wildman–Crippen LogP) is 0.738. The standard InChI is InChI=1S/C13H14N6O4S/c1-8-14-10-5-9(3-4-11(10)23-8)15-13(20)7-19-6-12(16-18-19)17-24(2,21)22/h3-6,17H,7H2,1-2H3,(H,15,20). The molecule has 2 N–H and O–H groups in total. The number of sulfonamides is 1. The van der Waals surface area contributed by atoms with Crippen molar-refractivity contribution in [2.75, 3.05) is 16.3 Å². The van der Waals surface area contributed by atoms with Crippen LogP contribution in [0, 0.1) is 6.92 Å². The number of oxazole rings is 1. The van der Waals surface area contributed by atoms with Crippen LogP contribution in [0.3, 0.4) is 0 Å². The zero-order valence-corrected chi connectivity index (χ0v) is 13.7. The number of amides is 1. The lowest BCUT2D eigenvalue weighted by molar-refractivity contribution is -0.116. The highest BCUT2D eigenvalue weighted by Gasteiger charge is 2.10. The van der Waals surface area contributed by atoms with E-state index in [-0.39, 0.29) is 18.3 Å². The van der Waals surface area contributed by atoms with Crippen LogP contribution in [0.2, 0.25) is 0 Å². The molecule has 2 aromatic heterocycles. The number of aryl methyl sites for hydroxylation is 1. The van der Waals surface area contributed by atoms with Gasteiger partial charge in [0.1, 0.15) is 12.1 Å². The molecule has 0 radical (unpaired) electrons. The van der Waals surface area contributed by atoms with E-state index in [2.05, 4.69) is 25.3 Å². The van der Waals surface area contributed by atoms with Gasteiger partial charge in [-0.25, -0.2) is 18.1 Å². The summed E-state index contributed by atoms with van der Waals surface area (Å²) in [6, 6.07) is 5.11. The number of hydrogen-bond donors (Lipinski definition) is 2. The minimum Gasteiger partial charge on any atom is -0.441 e. The quantitative estimate of drug-likeness (QED) is 0.693. The summed E-state index contributed by atoms with van der Waals surface area (Å²) in [5.41, 5.74) is 1.85. The number of fused-ring (bicyclic) bond motifs is 1. The van der Waals surface area contributed by atoms with Crippen LogP contribution in [-0.4, -0.2) is 40.6 Å². The van der Waals surface area contributed by atoms with Gasteiger partial charge in [-0.05, 0) is 18.2 Å². The van der Waals surface area contributed by atoms with E-state index in [1.54, 1.807) is 25.1 Å². The van der Waals surface area contributed by atoms with E-state index in [0.717, 1.165) is 6.26 Å². The second-order valence-electron chi connectivity index (χ2n) is 5.14. The Bertz CT molecular complexity index is 1010. The van der Waals surface area contributed by atoms with Crippen LogP contribution in [0.25, 0.3) is 11.1 Å². The topological polar surface area (TPSA) is 132 Å². The fraction of sp³-hybridized carbons (Fsp3) is 0.231. The third-order valence-electron chi connectivity index (χ3n) is 2.91. The van der Waals surface area contributed by atoms with E-state index in [1.165, 1.54) is 10.9 Å². The Kier molecular flexibility index (Phi) is 3.93. The summed E-state index contributed by atoms with van der Waals surface area (Å²) in [4.78, 5) is 16.2. The summed E-state index contributed by atoms with van der Waals surface area (Å²) in [5, 5.41) is 10.0. The SMILES string of the molecule is Cc1nc2cc(NC(=O)Cn3cc(NS(C)(=O)=O)nn3)ccc2o1. The molecule has 10 nitrogen and oxygen atoms in total. The lowest BCUT2D eigenvalue weighted by atomic mass is 10.3. The Morgan fingerprint density at radius 3 is 2.92 bits per heavy atom. The van der Waals surface area contributed by atoms with Gasteiger partial charge < -0.3 is 9.73 Å². The van der Waals surface area contributed by atoms with Crippen LogP contribution in [0.4, 0.5) is 11.5 Å². The minimum absolute atomic E-state index is 0.0461. The van der Waals surface area contributed by atoms with Gasteiger partial charge in [-0.3, -0.25) is 9.52 Å². The molecule has 1 amide bonds. The van der Waals surface area contributed by atoms with Crippen molar-refractivity contribution in [3.8, 4) is 0 Å². The molecule has 0 bridgehead atoms. The Morgan fingerprint density at radius 2 is 2.17 bits per heavy atom. The lowest BCUT2D eigenvalue weighted by Gasteiger charge is -2.04. The molecule has 0 aliphatic heterocycles. The Labute approximate surface area is 136 Å². The molecule has 1 aromatic carbocycles. The Morgan fingerprint density at radius 1 is 1.38 bits per heavy atom. The van der Waals surface area contributed by atoms with E-state index in [9.17, 15) is 13.2 Å². The zero-order chi connectivity index (χ0) is 17.3. The van der Waals surface area contributed by atoms with Gasteiger partial charge in [-0.15, -0.1) is 5.10 Å². The van der Waals surface area contributed by atoms with Crippen molar-refractivity contribution in [1.82, 2.24) is 20.0 Å². The highest BCUT2D eigenvalue weighted by Crippen LogP contribution is 2.19. The largest absolute Gasteiger partial charge is 0.441 e. The fourth-order valence-corrected chi connectivity index (χ4v) is 2.55. The van der Waals surface area contributed by atoms with Crippen LogP contribution in [0.1, 0.15) is 5.89 Å². The van der Waals surface area contributed by atoms with Gasteiger partial charge in [0.05, 0.1) is 12.5 Å². The normalized spacial score (nSPS) is 11.6. The zero-order valence-electron chi connectivity index (χ0n) is 12.8. The van der Waals surface area contributed by atoms with E-state index in [4.69, 9.17) is 4.42 Å². The maximum atomic E-state index is 12.0. The molecular weight excluding hydrogens is 336 g/mol. The van der Waals surface area contributed by atoms with Crippen LogP contribution in [0.5, 0.6) is 0 Å². The summed E-state index contributed by atoms with van der Waals surface area (Å²) in [6.07, 6.45) is 2.32. The smallest absolute Gasteiger partial charge is 0.246 e. The highest BCUT2D eigenvalue weighted by molar-refractivity contribution is 7.92. The molecule has 0 saturated carbocycles. The lowest BCUT2D eigenvalue weighted by Crippen LogP contribution is -2.19. The minimum atomic E-state index is -3.44. The third-order valence-corrected chi connectivity index (χ3v) is 3.49. The number of aromatic nitrogens is 4. The second kappa shape index (κ2) is 5.92. The number of carbonyl (C=O) groups excluding carboxylic acids is 1. The van der Waals surface area contributed by atoms with Crippen LogP contribution in [0.15, 0.2) is 28.8 Å².